The van der Waals surface area contributed by atoms with Gasteiger partial charge in [0.1, 0.15) is 11.5 Å². The molecule has 0 aliphatic heterocycles. The van der Waals surface area contributed by atoms with Gasteiger partial charge in [-0.05, 0) is 48.7 Å². The zero-order valence-corrected chi connectivity index (χ0v) is 14.3. The van der Waals surface area contributed by atoms with E-state index in [1.54, 1.807) is 24.5 Å². The molecule has 118 valence electrons. The van der Waals surface area contributed by atoms with Crippen molar-refractivity contribution in [1.82, 2.24) is 4.98 Å². The van der Waals surface area contributed by atoms with Crippen molar-refractivity contribution < 1.29 is 9.84 Å². The van der Waals surface area contributed by atoms with Gasteiger partial charge in [0.05, 0.1) is 17.8 Å². The second-order valence-corrected chi connectivity index (χ2v) is 6.43. The topological polar surface area (TPSA) is 42.4 Å². The summed E-state index contributed by atoms with van der Waals surface area (Å²) >= 11 is 1.58. The Kier molecular flexibility index (Phi) is 4.35. The van der Waals surface area contributed by atoms with Crippen LogP contribution < -0.4 is 4.74 Å². The Balaban J connectivity index is 2.14. The molecule has 0 aliphatic carbocycles. The molecule has 0 saturated heterocycles. The van der Waals surface area contributed by atoms with Crippen LogP contribution in [0, 0.1) is 6.92 Å². The molecule has 0 radical (unpaired) electrons. The molecule has 3 rings (SSSR count). The lowest BCUT2D eigenvalue weighted by molar-refractivity contribution is 0.416. The molecule has 0 bridgehead atoms. The number of hydrogen-bond acceptors (Lipinski definition) is 4. The maximum Gasteiger partial charge on any atom is 0.126 e. The quantitative estimate of drug-likeness (QED) is 0.729. The van der Waals surface area contributed by atoms with E-state index in [1.165, 1.54) is 5.56 Å². The van der Waals surface area contributed by atoms with Crippen LogP contribution in [-0.2, 0) is 6.42 Å². The lowest BCUT2D eigenvalue weighted by Gasteiger charge is -2.12. The third-order valence-electron chi connectivity index (χ3n) is 3.87. The maximum atomic E-state index is 10.2. The Morgan fingerprint density at radius 2 is 1.96 bits per heavy atom. The summed E-state index contributed by atoms with van der Waals surface area (Å²) in [4.78, 5) is 4.48. The molecular formula is C19H19NO2S. The fourth-order valence-corrected chi connectivity index (χ4v) is 3.21. The highest BCUT2D eigenvalue weighted by molar-refractivity contribution is 7.09. The van der Waals surface area contributed by atoms with Gasteiger partial charge in [-0.15, -0.1) is 11.3 Å². The van der Waals surface area contributed by atoms with Gasteiger partial charge in [-0.3, -0.25) is 0 Å². The zero-order valence-electron chi connectivity index (χ0n) is 13.5. The van der Waals surface area contributed by atoms with Crippen molar-refractivity contribution >= 4 is 11.3 Å². The number of benzene rings is 2. The summed E-state index contributed by atoms with van der Waals surface area (Å²) in [6, 6.07) is 11.8. The number of ether oxygens (including phenoxy) is 1. The number of methoxy groups -OCH3 is 1. The number of phenolic OH excluding ortho intramolecular Hbond substituents is 1. The van der Waals surface area contributed by atoms with Crippen LogP contribution in [0.25, 0.3) is 22.4 Å². The standard InChI is InChI=1S/C19H19NO2S/c1-4-13-5-8-19(22-3)15(9-13)14-6-7-18(21)16(10-14)17-11-23-12(2)20-17/h5-11,21H,4H2,1-3H3. The molecule has 1 aromatic heterocycles. The number of hydrogen-bond donors (Lipinski definition) is 1. The van der Waals surface area contributed by atoms with E-state index < -0.39 is 0 Å². The van der Waals surface area contributed by atoms with E-state index in [9.17, 15) is 5.11 Å². The minimum atomic E-state index is 0.240. The molecule has 0 aliphatic rings. The number of phenols is 1. The van der Waals surface area contributed by atoms with Crippen LogP contribution in [0.3, 0.4) is 0 Å². The predicted octanol–water partition coefficient (Wildman–Crippen LogP) is 5.06. The van der Waals surface area contributed by atoms with Crippen molar-refractivity contribution in [3.05, 3.63) is 52.3 Å². The molecular weight excluding hydrogens is 306 g/mol. The maximum absolute atomic E-state index is 10.2. The van der Waals surface area contributed by atoms with Gasteiger partial charge in [0.2, 0.25) is 0 Å². The summed E-state index contributed by atoms with van der Waals surface area (Å²) in [5.74, 6) is 1.07. The number of aryl methyl sites for hydroxylation is 2. The van der Waals surface area contributed by atoms with Gasteiger partial charge in [0.25, 0.3) is 0 Å². The van der Waals surface area contributed by atoms with E-state index in [2.05, 4.69) is 24.0 Å². The smallest absolute Gasteiger partial charge is 0.126 e. The summed E-state index contributed by atoms with van der Waals surface area (Å²) in [7, 11) is 1.68. The molecule has 3 aromatic rings. The third-order valence-corrected chi connectivity index (χ3v) is 4.65. The molecule has 0 atom stereocenters. The second kappa shape index (κ2) is 6.42. The molecule has 2 aromatic carbocycles. The van der Waals surface area contributed by atoms with E-state index in [4.69, 9.17) is 4.74 Å². The zero-order chi connectivity index (χ0) is 16.4. The van der Waals surface area contributed by atoms with Crippen LogP contribution in [-0.4, -0.2) is 17.2 Å². The first-order valence-corrected chi connectivity index (χ1v) is 8.43. The summed E-state index contributed by atoms with van der Waals surface area (Å²) in [6.07, 6.45) is 0.965. The van der Waals surface area contributed by atoms with Crippen LogP contribution in [0.1, 0.15) is 17.5 Å². The Morgan fingerprint density at radius 3 is 2.61 bits per heavy atom. The molecule has 0 spiro atoms. The molecule has 0 saturated carbocycles. The summed E-state index contributed by atoms with van der Waals surface area (Å²) in [5.41, 5.74) is 4.84. The first-order valence-electron chi connectivity index (χ1n) is 7.55. The number of thiazole rings is 1. The van der Waals surface area contributed by atoms with E-state index in [0.717, 1.165) is 39.6 Å². The lowest BCUT2D eigenvalue weighted by atomic mass is 9.98. The average molecular weight is 325 g/mol. The fraction of sp³-hybridized carbons (Fsp3) is 0.211. The number of aromatic hydroxyl groups is 1. The van der Waals surface area contributed by atoms with E-state index in [1.807, 2.05) is 30.5 Å². The van der Waals surface area contributed by atoms with E-state index in [-0.39, 0.29) is 5.75 Å². The summed E-state index contributed by atoms with van der Waals surface area (Å²) in [6.45, 7) is 4.09. The fourth-order valence-electron chi connectivity index (χ4n) is 2.60. The highest BCUT2D eigenvalue weighted by Gasteiger charge is 2.12. The van der Waals surface area contributed by atoms with Crippen molar-refractivity contribution in [2.75, 3.05) is 7.11 Å². The van der Waals surface area contributed by atoms with E-state index in [0.29, 0.717) is 0 Å². The molecule has 1 heterocycles. The minimum Gasteiger partial charge on any atom is -0.507 e. The molecule has 3 nitrogen and oxygen atoms in total. The van der Waals surface area contributed by atoms with Crippen LogP contribution in [0.5, 0.6) is 11.5 Å². The highest BCUT2D eigenvalue weighted by atomic mass is 32.1. The molecule has 23 heavy (non-hydrogen) atoms. The SMILES string of the molecule is CCc1ccc(OC)c(-c2ccc(O)c(-c3csc(C)n3)c2)c1. The number of nitrogens with zero attached hydrogens (tertiary/aromatic N) is 1. The Morgan fingerprint density at radius 1 is 1.13 bits per heavy atom. The van der Waals surface area contributed by atoms with Gasteiger partial charge in [-0.1, -0.05) is 19.1 Å². The van der Waals surface area contributed by atoms with E-state index >= 15 is 0 Å². The monoisotopic (exact) mass is 325 g/mol. The van der Waals surface area contributed by atoms with Crippen molar-refractivity contribution in [2.24, 2.45) is 0 Å². The molecule has 4 heteroatoms. The van der Waals surface area contributed by atoms with Crippen molar-refractivity contribution in [2.45, 2.75) is 20.3 Å². The van der Waals surface area contributed by atoms with Crippen LogP contribution >= 0.6 is 11.3 Å². The molecule has 0 amide bonds. The van der Waals surface area contributed by atoms with Gasteiger partial charge in [0, 0.05) is 16.5 Å². The Labute approximate surface area is 140 Å². The third kappa shape index (κ3) is 3.08. The molecule has 0 fully saturated rings. The van der Waals surface area contributed by atoms with Gasteiger partial charge >= 0.3 is 0 Å². The Bertz CT molecular complexity index is 839. The van der Waals surface area contributed by atoms with Crippen molar-refractivity contribution in [3.63, 3.8) is 0 Å². The predicted molar refractivity (Wildman–Crippen MR) is 95.3 cm³/mol. The number of aromatic nitrogens is 1. The van der Waals surface area contributed by atoms with Crippen LogP contribution in [0.4, 0.5) is 0 Å². The number of rotatable bonds is 4. The van der Waals surface area contributed by atoms with Crippen molar-refractivity contribution in [1.29, 1.82) is 0 Å². The Hall–Kier alpha value is -2.33. The van der Waals surface area contributed by atoms with Gasteiger partial charge in [0.15, 0.2) is 0 Å². The summed E-state index contributed by atoms with van der Waals surface area (Å²) < 4.78 is 5.50. The normalized spacial score (nSPS) is 10.7. The van der Waals surface area contributed by atoms with Crippen LogP contribution in [0.2, 0.25) is 0 Å². The largest absolute Gasteiger partial charge is 0.507 e. The lowest BCUT2D eigenvalue weighted by Crippen LogP contribution is -1.91. The first kappa shape index (κ1) is 15.6. The minimum absolute atomic E-state index is 0.240. The molecule has 1 N–H and O–H groups in total. The average Bonchev–Trinajstić information content (AvgIpc) is 3.01. The van der Waals surface area contributed by atoms with Gasteiger partial charge in [-0.25, -0.2) is 4.98 Å². The molecule has 0 unspecified atom stereocenters. The first-order chi connectivity index (χ1) is 11.1. The van der Waals surface area contributed by atoms with Gasteiger partial charge < -0.3 is 9.84 Å². The van der Waals surface area contributed by atoms with Crippen molar-refractivity contribution in [3.8, 4) is 33.9 Å². The summed E-state index contributed by atoms with van der Waals surface area (Å²) in [5, 5.41) is 13.2. The van der Waals surface area contributed by atoms with Gasteiger partial charge in [-0.2, -0.15) is 0 Å². The second-order valence-electron chi connectivity index (χ2n) is 5.37. The highest BCUT2D eigenvalue weighted by Crippen LogP contribution is 2.37. The van der Waals surface area contributed by atoms with Crippen LogP contribution in [0.15, 0.2) is 41.8 Å².